The summed E-state index contributed by atoms with van der Waals surface area (Å²) in [4.78, 5) is 0. The van der Waals surface area contributed by atoms with Crippen molar-refractivity contribution < 1.29 is 0 Å². The van der Waals surface area contributed by atoms with Gasteiger partial charge >= 0.3 is 0 Å². The third-order valence-electron chi connectivity index (χ3n) is 3.15. The molecule has 4 nitrogen and oxygen atoms in total. The Morgan fingerprint density at radius 3 is 2.88 bits per heavy atom. The lowest BCUT2D eigenvalue weighted by Gasteiger charge is -2.09. The summed E-state index contributed by atoms with van der Waals surface area (Å²) in [6, 6.07) is 0. The molecule has 16 heavy (non-hydrogen) atoms. The lowest BCUT2D eigenvalue weighted by Crippen LogP contribution is -2.10. The number of hydrogen-bond donors (Lipinski definition) is 2. The minimum absolute atomic E-state index is 0.809. The molecule has 0 unspecified atom stereocenters. The topological polar surface area (TPSA) is 55.9 Å². The van der Waals surface area contributed by atoms with Gasteiger partial charge in [0, 0.05) is 13.1 Å². The summed E-state index contributed by atoms with van der Waals surface area (Å²) in [5.41, 5.74) is 7.76. The monoisotopic (exact) mass is 222 g/mol. The molecule has 0 atom stereocenters. The third-order valence-corrected chi connectivity index (χ3v) is 3.15. The van der Waals surface area contributed by atoms with E-state index in [0.717, 1.165) is 42.6 Å². The summed E-state index contributed by atoms with van der Waals surface area (Å²) < 4.78 is 2.00. The number of nitrogen functional groups attached to an aromatic ring is 1. The summed E-state index contributed by atoms with van der Waals surface area (Å²) in [6.45, 7) is 6.07. The second-order valence-corrected chi connectivity index (χ2v) is 4.73. The zero-order valence-electron chi connectivity index (χ0n) is 10.3. The van der Waals surface area contributed by atoms with E-state index in [-0.39, 0.29) is 0 Å². The van der Waals surface area contributed by atoms with Gasteiger partial charge in [-0.25, -0.2) is 4.68 Å². The van der Waals surface area contributed by atoms with Crippen LogP contribution in [-0.4, -0.2) is 16.3 Å². The van der Waals surface area contributed by atoms with E-state index in [9.17, 15) is 0 Å². The first-order chi connectivity index (χ1) is 7.72. The van der Waals surface area contributed by atoms with E-state index >= 15 is 0 Å². The van der Waals surface area contributed by atoms with Crippen LogP contribution in [0.2, 0.25) is 0 Å². The van der Waals surface area contributed by atoms with Crippen LogP contribution in [0, 0.1) is 12.8 Å². The van der Waals surface area contributed by atoms with Gasteiger partial charge in [0.15, 0.2) is 0 Å². The first kappa shape index (κ1) is 11.3. The highest BCUT2D eigenvalue weighted by Gasteiger charge is 2.20. The van der Waals surface area contributed by atoms with Crippen LogP contribution in [0.5, 0.6) is 0 Å². The van der Waals surface area contributed by atoms with Gasteiger partial charge in [-0.2, -0.15) is 5.10 Å². The molecule has 0 spiro atoms. The Balaban J connectivity index is 1.97. The molecular formula is C12H22N4. The molecule has 0 saturated heterocycles. The van der Waals surface area contributed by atoms with Gasteiger partial charge in [0.05, 0.1) is 11.4 Å². The predicted molar refractivity (Wildman–Crippen MR) is 67.5 cm³/mol. The Kier molecular flexibility index (Phi) is 3.36. The van der Waals surface area contributed by atoms with Gasteiger partial charge in [0.1, 0.15) is 5.82 Å². The molecule has 1 heterocycles. The maximum Gasteiger partial charge on any atom is 0.148 e. The first-order valence-electron chi connectivity index (χ1n) is 6.29. The predicted octanol–water partition coefficient (Wildman–Crippen LogP) is 2.40. The van der Waals surface area contributed by atoms with Crippen molar-refractivity contribution in [1.29, 1.82) is 0 Å². The molecule has 0 bridgehead atoms. The van der Waals surface area contributed by atoms with Crippen LogP contribution in [-0.2, 0) is 6.54 Å². The van der Waals surface area contributed by atoms with Gasteiger partial charge in [-0.3, -0.25) is 0 Å². The highest BCUT2D eigenvalue weighted by molar-refractivity contribution is 5.64. The van der Waals surface area contributed by atoms with Crippen LogP contribution in [0.4, 0.5) is 11.5 Å². The fourth-order valence-electron chi connectivity index (χ4n) is 1.96. The van der Waals surface area contributed by atoms with Gasteiger partial charge in [-0.05, 0) is 25.7 Å². The fourth-order valence-corrected chi connectivity index (χ4v) is 1.96. The Bertz CT molecular complexity index is 352. The van der Waals surface area contributed by atoms with E-state index in [2.05, 4.69) is 17.3 Å². The molecule has 90 valence electrons. The molecule has 3 N–H and O–H groups in total. The van der Waals surface area contributed by atoms with Gasteiger partial charge < -0.3 is 11.1 Å². The zero-order chi connectivity index (χ0) is 11.5. The largest absolute Gasteiger partial charge is 0.394 e. The van der Waals surface area contributed by atoms with Crippen molar-refractivity contribution in [3.8, 4) is 0 Å². The van der Waals surface area contributed by atoms with Gasteiger partial charge in [-0.1, -0.05) is 19.8 Å². The molecule has 1 fully saturated rings. The lowest BCUT2D eigenvalue weighted by molar-refractivity contribution is 0.601. The minimum atomic E-state index is 0.809. The number of rotatable bonds is 6. The molecule has 1 aromatic rings. The zero-order valence-corrected chi connectivity index (χ0v) is 10.3. The van der Waals surface area contributed by atoms with Crippen LogP contribution in [0.15, 0.2) is 0 Å². The number of aromatic nitrogens is 2. The average molecular weight is 222 g/mol. The van der Waals surface area contributed by atoms with Crippen molar-refractivity contribution in [2.45, 2.75) is 46.1 Å². The molecule has 0 radical (unpaired) electrons. The van der Waals surface area contributed by atoms with Gasteiger partial charge in [0.2, 0.25) is 0 Å². The van der Waals surface area contributed by atoms with Crippen LogP contribution < -0.4 is 11.1 Å². The van der Waals surface area contributed by atoms with Crippen molar-refractivity contribution in [3.63, 3.8) is 0 Å². The lowest BCUT2D eigenvalue weighted by atomic mass is 10.3. The number of anilines is 2. The smallest absolute Gasteiger partial charge is 0.148 e. The highest BCUT2D eigenvalue weighted by Crippen LogP contribution is 2.32. The molecule has 1 aliphatic rings. The van der Waals surface area contributed by atoms with E-state index in [1.807, 2.05) is 11.6 Å². The van der Waals surface area contributed by atoms with Crippen molar-refractivity contribution in [3.05, 3.63) is 5.69 Å². The Labute approximate surface area is 97.2 Å². The summed E-state index contributed by atoms with van der Waals surface area (Å²) in [7, 11) is 0. The summed E-state index contributed by atoms with van der Waals surface area (Å²) >= 11 is 0. The van der Waals surface area contributed by atoms with Crippen molar-refractivity contribution in [2.24, 2.45) is 5.92 Å². The van der Waals surface area contributed by atoms with Crippen LogP contribution in [0.3, 0.4) is 0 Å². The number of nitrogens with zero attached hydrogens (tertiary/aromatic N) is 2. The Hall–Kier alpha value is -1.19. The fraction of sp³-hybridized carbons (Fsp3) is 0.750. The second kappa shape index (κ2) is 4.76. The second-order valence-electron chi connectivity index (χ2n) is 4.73. The molecule has 0 amide bonds. The number of aryl methyl sites for hydroxylation is 2. The molecule has 2 rings (SSSR count). The quantitative estimate of drug-likeness (QED) is 0.777. The number of hydrogen-bond acceptors (Lipinski definition) is 3. The number of nitrogens with two attached hydrogens (primary N) is 1. The normalized spacial score (nSPS) is 15.4. The van der Waals surface area contributed by atoms with Crippen molar-refractivity contribution >= 4 is 11.5 Å². The summed E-state index contributed by atoms with van der Waals surface area (Å²) in [5, 5.41) is 7.88. The Morgan fingerprint density at radius 1 is 1.50 bits per heavy atom. The molecule has 1 saturated carbocycles. The van der Waals surface area contributed by atoms with E-state index in [1.165, 1.54) is 19.3 Å². The standard InChI is InChI=1S/C12H22N4/c1-3-8-16-12(11(13)9(2)15-16)14-7-6-10-4-5-10/h10,14H,3-8,13H2,1-2H3. The maximum atomic E-state index is 6.02. The molecular weight excluding hydrogens is 200 g/mol. The van der Waals surface area contributed by atoms with E-state index < -0.39 is 0 Å². The molecule has 1 aromatic heterocycles. The molecule has 0 aromatic carbocycles. The SMILES string of the molecule is CCCn1nc(C)c(N)c1NCCC1CC1. The molecule has 4 heteroatoms. The first-order valence-corrected chi connectivity index (χ1v) is 6.29. The average Bonchev–Trinajstić information content (AvgIpc) is 3.02. The molecule has 1 aliphatic carbocycles. The van der Waals surface area contributed by atoms with Crippen LogP contribution in [0.1, 0.15) is 38.3 Å². The van der Waals surface area contributed by atoms with Crippen molar-refractivity contribution in [2.75, 3.05) is 17.6 Å². The van der Waals surface area contributed by atoms with E-state index in [0.29, 0.717) is 0 Å². The van der Waals surface area contributed by atoms with Gasteiger partial charge in [0.25, 0.3) is 0 Å². The third kappa shape index (κ3) is 2.49. The summed E-state index contributed by atoms with van der Waals surface area (Å²) in [6.07, 6.45) is 5.16. The highest BCUT2D eigenvalue weighted by atomic mass is 15.3. The maximum absolute atomic E-state index is 6.02. The summed E-state index contributed by atoms with van der Waals surface area (Å²) in [5.74, 6) is 1.97. The molecule has 0 aliphatic heterocycles. The Morgan fingerprint density at radius 2 is 2.25 bits per heavy atom. The van der Waals surface area contributed by atoms with Crippen molar-refractivity contribution in [1.82, 2.24) is 9.78 Å². The minimum Gasteiger partial charge on any atom is -0.394 e. The van der Waals surface area contributed by atoms with Crippen LogP contribution >= 0.6 is 0 Å². The van der Waals surface area contributed by atoms with E-state index in [1.54, 1.807) is 0 Å². The van der Waals surface area contributed by atoms with E-state index in [4.69, 9.17) is 5.73 Å². The van der Waals surface area contributed by atoms with Crippen LogP contribution in [0.25, 0.3) is 0 Å². The van der Waals surface area contributed by atoms with Gasteiger partial charge in [-0.15, -0.1) is 0 Å². The number of nitrogens with one attached hydrogen (secondary N) is 1.